The van der Waals surface area contributed by atoms with Crippen molar-refractivity contribution in [3.05, 3.63) is 61.7 Å². The van der Waals surface area contributed by atoms with E-state index in [9.17, 15) is 24.6 Å². The van der Waals surface area contributed by atoms with Gasteiger partial charge in [-0.3, -0.25) is 9.59 Å². The van der Waals surface area contributed by atoms with Crippen LogP contribution in [-0.2, 0) is 44.2 Å². The highest BCUT2D eigenvalue weighted by Crippen LogP contribution is 2.46. The Morgan fingerprint density at radius 3 is 2.71 bits per heavy atom. The molecule has 0 bridgehead atoms. The number of methoxy groups -OCH3 is 1. The molecule has 4 aliphatic rings. The smallest absolute Gasteiger partial charge is 0.343 e. The van der Waals surface area contributed by atoms with Crippen LogP contribution in [0.15, 0.2) is 16.9 Å². The maximum atomic E-state index is 15.1. The zero-order chi connectivity index (χ0) is 29.0. The van der Waals surface area contributed by atoms with Gasteiger partial charge in [-0.15, -0.1) is 0 Å². The first-order valence-electron chi connectivity index (χ1n) is 13.9. The van der Waals surface area contributed by atoms with Crippen LogP contribution in [0.4, 0.5) is 4.39 Å². The minimum Gasteiger partial charge on any atom is -0.458 e. The fourth-order valence-corrected chi connectivity index (χ4v) is 7.04. The average molecular weight is 564 g/mol. The summed E-state index contributed by atoms with van der Waals surface area (Å²) >= 11 is 0. The summed E-state index contributed by atoms with van der Waals surface area (Å²) < 4.78 is 27.0. The number of aryl methyl sites for hydroxylation is 1. The second-order valence-electron chi connectivity index (χ2n) is 11.7. The lowest BCUT2D eigenvalue weighted by Gasteiger charge is -2.42. The van der Waals surface area contributed by atoms with Gasteiger partial charge < -0.3 is 29.6 Å². The Balaban J connectivity index is 1.42. The predicted octanol–water partition coefficient (Wildman–Crippen LogP) is 2.17. The molecule has 0 radical (unpaired) electrons. The van der Waals surface area contributed by atoms with Crippen molar-refractivity contribution in [1.29, 1.82) is 0 Å². The van der Waals surface area contributed by atoms with Crippen molar-refractivity contribution < 1.29 is 33.7 Å². The Morgan fingerprint density at radius 2 is 2.00 bits per heavy atom. The largest absolute Gasteiger partial charge is 0.458 e. The molecule has 1 amide bonds. The number of nitrogens with zero attached hydrogens (tertiary/aromatic N) is 2. The number of halogens is 1. The predicted molar refractivity (Wildman–Crippen MR) is 143 cm³/mol. The number of hydrogen-bond acceptors (Lipinski definition) is 8. The Kier molecular flexibility index (Phi) is 5.55. The third-order valence-electron chi connectivity index (χ3n) is 9.57. The van der Waals surface area contributed by atoms with Crippen LogP contribution in [0, 0.1) is 12.7 Å². The number of hydrogen-bond donors (Lipinski definition) is 3. The standard InChI is InChI=1S/C30H30FN3O7/c1-4-30(39)18-7-22-25-16(11-34(22)26(35)17(18)12-41-28(30)37)24-20(33-27(36)29(38)9-14(10-29)40-3)6-5-15-13(2)19(31)8-21(32-25)23(15)24/h7-8,14,20,38-39H,4-6,9-12H2,1-3H3,(H,33,36)/t14?,20-,29?,30-/m0/s1. The second-order valence-corrected chi connectivity index (χ2v) is 11.7. The third-order valence-corrected chi connectivity index (χ3v) is 9.57. The molecular formula is C30H30FN3O7. The number of benzene rings is 1. The van der Waals surface area contributed by atoms with Crippen molar-refractivity contribution in [3.8, 4) is 11.4 Å². The monoisotopic (exact) mass is 563 g/mol. The normalized spacial score (nSPS) is 27.5. The number of nitrogens with one attached hydrogen (secondary N) is 1. The van der Waals surface area contributed by atoms with E-state index in [0.29, 0.717) is 40.9 Å². The summed E-state index contributed by atoms with van der Waals surface area (Å²) in [6.45, 7) is 3.25. The Morgan fingerprint density at radius 1 is 1.24 bits per heavy atom. The van der Waals surface area contributed by atoms with Crippen molar-refractivity contribution in [2.24, 2.45) is 0 Å². The van der Waals surface area contributed by atoms with Gasteiger partial charge in [-0.05, 0) is 48.9 Å². The van der Waals surface area contributed by atoms with E-state index in [1.807, 2.05) is 0 Å². The van der Waals surface area contributed by atoms with Gasteiger partial charge in [0.2, 0.25) is 0 Å². The van der Waals surface area contributed by atoms with E-state index in [-0.39, 0.29) is 49.6 Å². The molecule has 2 aliphatic heterocycles. The van der Waals surface area contributed by atoms with Gasteiger partial charge in [-0.25, -0.2) is 14.2 Å². The van der Waals surface area contributed by atoms with E-state index < -0.39 is 40.5 Å². The summed E-state index contributed by atoms with van der Waals surface area (Å²) in [5.74, 6) is -1.71. The highest BCUT2D eigenvalue weighted by molar-refractivity contribution is 5.94. The summed E-state index contributed by atoms with van der Waals surface area (Å²) in [6.07, 6.45) is 1.19. The first-order valence-corrected chi connectivity index (χ1v) is 13.9. The highest BCUT2D eigenvalue weighted by atomic mass is 19.1. The lowest BCUT2D eigenvalue weighted by molar-refractivity contribution is -0.172. The Bertz CT molecular complexity index is 1760. The number of esters is 1. The summed E-state index contributed by atoms with van der Waals surface area (Å²) in [7, 11) is 1.54. The second kappa shape index (κ2) is 8.67. The van der Waals surface area contributed by atoms with Crippen molar-refractivity contribution in [2.75, 3.05) is 7.11 Å². The van der Waals surface area contributed by atoms with E-state index >= 15 is 4.39 Å². The zero-order valence-corrected chi connectivity index (χ0v) is 23.0. The number of rotatable bonds is 4. The van der Waals surface area contributed by atoms with Crippen LogP contribution < -0.4 is 10.9 Å². The number of aliphatic hydroxyl groups is 2. The van der Waals surface area contributed by atoms with Crippen LogP contribution in [0.1, 0.15) is 72.0 Å². The maximum Gasteiger partial charge on any atom is 0.343 e. The van der Waals surface area contributed by atoms with Crippen LogP contribution in [0.3, 0.4) is 0 Å². The summed E-state index contributed by atoms with van der Waals surface area (Å²) in [6, 6.07) is 2.47. The molecule has 2 atom stereocenters. The number of cyclic esters (lactones) is 1. The van der Waals surface area contributed by atoms with E-state index in [2.05, 4.69) is 5.32 Å². The number of amides is 1. The fraction of sp³-hybridized carbons (Fsp3) is 0.467. The molecule has 41 heavy (non-hydrogen) atoms. The fourth-order valence-electron chi connectivity index (χ4n) is 7.04. The third kappa shape index (κ3) is 3.45. The zero-order valence-electron chi connectivity index (χ0n) is 23.0. The van der Waals surface area contributed by atoms with Gasteiger partial charge in [0.25, 0.3) is 11.5 Å². The highest BCUT2D eigenvalue weighted by Gasteiger charge is 2.50. The minimum absolute atomic E-state index is 0.0137. The molecule has 11 heteroatoms. The molecule has 3 aromatic rings. The van der Waals surface area contributed by atoms with Crippen molar-refractivity contribution >= 4 is 22.8 Å². The van der Waals surface area contributed by atoms with Crippen molar-refractivity contribution in [3.63, 3.8) is 0 Å². The van der Waals surface area contributed by atoms with Gasteiger partial charge in [0.1, 0.15) is 18.0 Å². The Labute approximate surface area is 234 Å². The molecule has 1 fully saturated rings. The molecule has 0 saturated heterocycles. The van der Waals surface area contributed by atoms with Crippen molar-refractivity contribution in [2.45, 2.75) is 82.5 Å². The van der Waals surface area contributed by atoms with Gasteiger partial charge in [-0.1, -0.05) is 6.92 Å². The number of carbonyl (C=O) groups is 2. The number of fused-ring (bicyclic) bond motifs is 5. The topological polar surface area (TPSA) is 140 Å². The van der Waals surface area contributed by atoms with Crippen LogP contribution in [0.5, 0.6) is 0 Å². The quantitative estimate of drug-likeness (QED) is 0.321. The van der Waals surface area contributed by atoms with Gasteiger partial charge in [-0.2, -0.15) is 0 Å². The molecule has 4 heterocycles. The molecule has 1 saturated carbocycles. The first kappa shape index (κ1) is 26.2. The number of aromatic nitrogens is 2. The van der Waals surface area contributed by atoms with Crippen LogP contribution >= 0.6 is 0 Å². The molecule has 10 nitrogen and oxygen atoms in total. The van der Waals surface area contributed by atoms with Crippen LogP contribution in [-0.4, -0.2) is 50.5 Å². The SMILES string of the molecule is CC[C@@]1(O)C(=O)OCc2c1cc1n(c2=O)Cc2c-1nc1cc(F)c(C)c3c1c2[C@@H](NC(=O)C1(O)CC(OC)C1)CC3. The van der Waals surface area contributed by atoms with Gasteiger partial charge >= 0.3 is 5.97 Å². The van der Waals surface area contributed by atoms with Gasteiger partial charge in [0.05, 0.1) is 41.2 Å². The van der Waals surface area contributed by atoms with E-state index in [0.717, 1.165) is 16.5 Å². The lowest BCUT2D eigenvalue weighted by Crippen LogP contribution is -2.58. The summed E-state index contributed by atoms with van der Waals surface area (Å²) in [5, 5.41) is 25.9. The first-order chi connectivity index (χ1) is 19.5. The molecule has 214 valence electrons. The summed E-state index contributed by atoms with van der Waals surface area (Å²) in [5.41, 5.74) is 0.478. The molecule has 7 rings (SSSR count). The average Bonchev–Trinajstić information content (AvgIpc) is 3.31. The summed E-state index contributed by atoms with van der Waals surface area (Å²) in [4.78, 5) is 44.4. The molecular weight excluding hydrogens is 533 g/mol. The Hall–Kier alpha value is -3.67. The molecule has 0 unspecified atom stereocenters. The molecule has 1 aromatic carbocycles. The molecule has 2 aliphatic carbocycles. The number of carbonyl (C=O) groups excluding carboxylic acids is 2. The molecule has 2 aromatic heterocycles. The number of pyridine rings is 2. The van der Waals surface area contributed by atoms with Crippen LogP contribution in [0.25, 0.3) is 22.3 Å². The molecule has 0 spiro atoms. The van der Waals surface area contributed by atoms with Gasteiger partial charge in [0.15, 0.2) is 5.60 Å². The van der Waals surface area contributed by atoms with Crippen LogP contribution in [0.2, 0.25) is 0 Å². The number of ether oxygens (including phenoxy) is 2. The van der Waals surface area contributed by atoms with E-state index in [1.54, 1.807) is 27.0 Å². The van der Waals surface area contributed by atoms with Crippen molar-refractivity contribution in [1.82, 2.24) is 14.9 Å². The maximum absolute atomic E-state index is 15.1. The minimum atomic E-state index is -1.97. The van der Waals surface area contributed by atoms with E-state index in [1.165, 1.54) is 10.6 Å². The van der Waals surface area contributed by atoms with E-state index in [4.69, 9.17) is 14.5 Å². The molecule has 3 N–H and O–H groups in total. The van der Waals surface area contributed by atoms with Gasteiger partial charge in [0, 0.05) is 42.5 Å². The lowest BCUT2D eigenvalue weighted by atomic mass is 9.76.